The van der Waals surface area contributed by atoms with E-state index in [0.717, 1.165) is 5.56 Å². The molecule has 0 bridgehead atoms. The van der Waals surface area contributed by atoms with Crippen LogP contribution in [-0.4, -0.2) is 51.6 Å². The maximum Gasteiger partial charge on any atom is 0.361 e. The third-order valence-corrected chi connectivity index (χ3v) is 5.06. The fourth-order valence-corrected chi connectivity index (χ4v) is 3.23. The number of ether oxygens (including phenoxy) is 2. The molecule has 3 rings (SSSR count). The molecule has 2 atom stereocenters. The van der Waals surface area contributed by atoms with Crippen molar-refractivity contribution in [1.29, 1.82) is 0 Å². The summed E-state index contributed by atoms with van der Waals surface area (Å²) >= 11 is 0. The molecule has 9 heteroatoms. The van der Waals surface area contributed by atoms with E-state index in [0.29, 0.717) is 0 Å². The van der Waals surface area contributed by atoms with Crippen LogP contribution in [0.1, 0.15) is 36.6 Å². The molecular formula is C26H20O9. The summed E-state index contributed by atoms with van der Waals surface area (Å²) in [5, 5.41) is 20.0. The van der Waals surface area contributed by atoms with Crippen molar-refractivity contribution in [3.05, 3.63) is 107 Å². The smallest absolute Gasteiger partial charge is 0.361 e. The first-order valence-corrected chi connectivity index (χ1v) is 10.3. The average Bonchev–Trinajstić information content (AvgIpc) is 2.86. The lowest BCUT2D eigenvalue weighted by atomic mass is 9.86. The molecule has 0 fully saturated rings. The molecule has 0 aliphatic carbocycles. The number of carbonyl (C=O) groups is 5. The van der Waals surface area contributed by atoms with E-state index in [1.54, 1.807) is 19.1 Å². The number of Topliss-reactive ketones (excluding diaryl/α,β-unsaturated/α-hetero) is 1. The van der Waals surface area contributed by atoms with Gasteiger partial charge in [0.2, 0.25) is 5.78 Å². The van der Waals surface area contributed by atoms with Crippen LogP contribution in [0.25, 0.3) is 0 Å². The lowest BCUT2D eigenvalue weighted by Crippen LogP contribution is -2.62. The van der Waals surface area contributed by atoms with Crippen molar-refractivity contribution in [2.75, 3.05) is 0 Å². The molecule has 0 aliphatic rings. The van der Waals surface area contributed by atoms with E-state index < -0.39 is 41.4 Å². The fraction of sp³-hybridized carbons (Fsp3) is 0.115. The Morgan fingerprint density at radius 1 is 0.686 bits per heavy atom. The molecule has 0 amide bonds. The molecule has 0 saturated carbocycles. The Kier molecular flexibility index (Phi) is 7.40. The van der Waals surface area contributed by atoms with Crippen molar-refractivity contribution >= 4 is 29.7 Å². The van der Waals surface area contributed by atoms with E-state index in [2.05, 4.69) is 0 Å². The van der Waals surface area contributed by atoms with Gasteiger partial charge < -0.3 is 19.7 Å². The van der Waals surface area contributed by atoms with Crippen LogP contribution in [0.2, 0.25) is 0 Å². The molecule has 3 aromatic rings. The van der Waals surface area contributed by atoms with Gasteiger partial charge in [0.15, 0.2) is 0 Å². The molecule has 3 aromatic carbocycles. The van der Waals surface area contributed by atoms with Crippen molar-refractivity contribution in [3.8, 4) is 0 Å². The van der Waals surface area contributed by atoms with Crippen LogP contribution in [0, 0.1) is 6.92 Å². The number of hydrogen-bond acceptors (Lipinski definition) is 7. The maximum atomic E-state index is 13.5. The number of rotatable bonds is 9. The van der Waals surface area contributed by atoms with E-state index in [4.69, 9.17) is 9.47 Å². The van der Waals surface area contributed by atoms with Gasteiger partial charge in [0.25, 0.3) is 6.10 Å². The highest BCUT2D eigenvalue weighted by Gasteiger charge is 2.62. The van der Waals surface area contributed by atoms with Gasteiger partial charge in [-0.2, -0.15) is 0 Å². The van der Waals surface area contributed by atoms with Crippen LogP contribution in [0.4, 0.5) is 0 Å². The monoisotopic (exact) mass is 476 g/mol. The van der Waals surface area contributed by atoms with Crippen molar-refractivity contribution in [2.24, 2.45) is 0 Å². The topological polar surface area (TPSA) is 144 Å². The Labute approximate surface area is 199 Å². The molecule has 9 nitrogen and oxygen atoms in total. The number of carbonyl (C=O) groups excluding carboxylic acids is 3. The summed E-state index contributed by atoms with van der Waals surface area (Å²) in [6.45, 7) is 1.72. The van der Waals surface area contributed by atoms with Crippen molar-refractivity contribution in [3.63, 3.8) is 0 Å². The zero-order valence-electron chi connectivity index (χ0n) is 18.4. The third-order valence-electron chi connectivity index (χ3n) is 5.06. The standard InChI is InChI=1S/C26H20O9/c1-16-12-14-17(15-13-16)20(27)26(25(32)33,35-24(31)19-10-6-3-7-11-19)21(22(28)29)34-23(30)18-8-4-2-5-9-18/h2-15,21H,1H3,(H,28,29)(H,32,33). The second kappa shape index (κ2) is 10.4. The first-order chi connectivity index (χ1) is 16.7. The van der Waals surface area contributed by atoms with Gasteiger partial charge in [0.1, 0.15) is 0 Å². The maximum absolute atomic E-state index is 13.5. The van der Waals surface area contributed by atoms with Crippen molar-refractivity contribution in [2.45, 2.75) is 18.6 Å². The van der Waals surface area contributed by atoms with Gasteiger partial charge in [-0.05, 0) is 31.2 Å². The van der Waals surface area contributed by atoms with Crippen LogP contribution in [0.3, 0.4) is 0 Å². The number of benzene rings is 3. The predicted molar refractivity (Wildman–Crippen MR) is 121 cm³/mol. The van der Waals surface area contributed by atoms with Gasteiger partial charge in [0.05, 0.1) is 11.1 Å². The van der Waals surface area contributed by atoms with Crippen LogP contribution >= 0.6 is 0 Å². The van der Waals surface area contributed by atoms with Gasteiger partial charge in [-0.25, -0.2) is 19.2 Å². The van der Waals surface area contributed by atoms with E-state index in [9.17, 15) is 34.2 Å². The zero-order valence-corrected chi connectivity index (χ0v) is 18.4. The second-order valence-electron chi connectivity index (χ2n) is 7.48. The van der Waals surface area contributed by atoms with Crippen LogP contribution in [0.15, 0.2) is 84.9 Å². The third kappa shape index (κ3) is 5.25. The Balaban J connectivity index is 2.16. The molecule has 35 heavy (non-hydrogen) atoms. The first-order valence-electron chi connectivity index (χ1n) is 10.3. The van der Waals surface area contributed by atoms with Crippen molar-refractivity contribution in [1.82, 2.24) is 0 Å². The van der Waals surface area contributed by atoms with E-state index in [1.165, 1.54) is 72.8 Å². The van der Waals surface area contributed by atoms with E-state index in [1.807, 2.05) is 0 Å². The van der Waals surface area contributed by atoms with Crippen LogP contribution in [-0.2, 0) is 19.1 Å². The predicted octanol–water partition coefficient (Wildman–Crippen LogP) is 3.17. The van der Waals surface area contributed by atoms with Crippen LogP contribution < -0.4 is 0 Å². The lowest BCUT2D eigenvalue weighted by Gasteiger charge is -2.32. The number of aliphatic carboxylic acids is 2. The Bertz CT molecular complexity index is 1250. The largest absolute Gasteiger partial charge is 0.478 e. The van der Waals surface area contributed by atoms with Crippen molar-refractivity contribution < 1.29 is 43.7 Å². The molecule has 0 spiro atoms. The average molecular weight is 476 g/mol. The summed E-state index contributed by atoms with van der Waals surface area (Å²) in [6.07, 6.45) is -2.71. The highest BCUT2D eigenvalue weighted by Crippen LogP contribution is 2.29. The molecule has 0 saturated heterocycles. The number of carboxylic acids is 2. The minimum Gasteiger partial charge on any atom is -0.478 e. The molecule has 0 aliphatic heterocycles. The lowest BCUT2D eigenvalue weighted by molar-refractivity contribution is -0.176. The second-order valence-corrected chi connectivity index (χ2v) is 7.48. The van der Waals surface area contributed by atoms with Gasteiger partial charge >= 0.3 is 29.5 Å². The summed E-state index contributed by atoms with van der Waals surface area (Å²) in [4.78, 5) is 63.9. The highest BCUT2D eigenvalue weighted by atomic mass is 16.6. The quantitative estimate of drug-likeness (QED) is 0.270. The number of esters is 2. The molecule has 0 heterocycles. The number of carboxylic acid groups (broad SMARTS) is 2. The molecule has 0 aromatic heterocycles. The van der Waals surface area contributed by atoms with Crippen LogP contribution in [0.5, 0.6) is 0 Å². The van der Waals surface area contributed by atoms with Gasteiger partial charge in [-0.3, -0.25) is 4.79 Å². The Hall–Kier alpha value is -4.79. The molecule has 2 unspecified atom stereocenters. The SMILES string of the molecule is Cc1ccc(C(=O)C(OC(=O)c2ccccc2)(C(=O)O)C(OC(=O)c2ccccc2)C(=O)O)cc1. The summed E-state index contributed by atoms with van der Waals surface area (Å²) in [6, 6.07) is 19.7. The normalized spacial score (nSPS) is 13.1. The molecule has 2 N–H and O–H groups in total. The summed E-state index contributed by atoms with van der Waals surface area (Å²) < 4.78 is 10.2. The number of ketones is 1. The minimum atomic E-state index is -3.43. The number of aryl methyl sites for hydroxylation is 1. The minimum absolute atomic E-state index is 0.102. The first kappa shape index (κ1) is 24.8. The van der Waals surface area contributed by atoms with Gasteiger partial charge in [0, 0.05) is 5.56 Å². The van der Waals surface area contributed by atoms with E-state index in [-0.39, 0.29) is 16.7 Å². The van der Waals surface area contributed by atoms with Gasteiger partial charge in [-0.1, -0.05) is 66.2 Å². The van der Waals surface area contributed by atoms with Gasteiger partial charge in [-0.15, -0.1) is 0 Å². The number of hydrogen-bond donors (Lipinski definition) is 2. The zero-order chi connectivity index (χ0) is 25.6. The Morgan fingerprint density at radius 2 is 1.17 bits per heavy atom. The van der Waals surface area contributed by atoms with E-state index >= 15 is 0 Å². The molecule has 178 valence electrons. The summed E-state index contributed by atoms with van der Waals surface area (Å²) in [5.74, 6) is -8.03. The summed E-state index contributed by atoms with van der Waals surface area (Å²) in [5.41, 5.74) is -3.21. The Morgan fingerprint density at radius 3 is 1.63 bits per heavy atom. The summed E-state index contributed by atoms with van der Waals surface area (Å²) in [7, 11) is 0. The molecular weight excluding hydrogens is 456 g/mol. The highest BCUT2D eigenvalue weighted by molar-refractivity contribution is 6.19. The fourth-order valence-electron chi connectivity index (χ4n) is 3.23. The molecule has 0 radical (unpaired) electrons.